The lowest BCUT2D eigenvalue weighted by Gasteiger charge is -2.21. The topological polar surface area (TPSA) is 20.3 Å². The molecule has 0 unspecified atom stereocenters. The Balaban J connectivity index is 2.66. The van der Waals surface area contributed by atoms with E-state index >= 15 is 0 Å². The second-order valence-corrected chi connectivity index (χ2v) is 5.96. The molecular weight excluding hydrogens is 349 g/mol. The van der Waals surface area contributed by atoms with Gasteiger partial charge in [-0.05, 0) is 24.1 Å². The lowest BCUT2D eigenvalue weighted by molar-refractivity contribution is -0.130. The van der Waals surface area contributed by atoms with E-state index in [0.717, 1.165) is 36.8 Å². The van der Waals surface area contributed by atoms with Crippen LogP contribution in [0.3, 0.4) is 0 Å². The van der Waals surface area contributed by atoms with Gasteiger partial charge < -0.3 is 4.90 Å². The van der Waals surface area contributed by atoms with Gasteiger partial charge in [0.05, 0.1) is 16.5 Å². The minimum atomic E-state index is 0.131. The third kappa shape index (κ3) is 5.72. The maximum atomic E-state index is 12.2. The number of hydrogen-bond donors (Lipinski definition) is 0. The minimum Gasteiger partial charge on any atom is -0.342 e. The molecule has 0 N–H and O–H groups in total. The molecule has 0 aliphatic carbocycles. The van der Waals surface area contributed by atoms with Crippen LogP contribution in [-0.2, 0) is 11.2 Å². The zero-order valence-electron chi connectivity index (χ0n) is 11.0. The zero-order valence-corrected chi connectivity index (χ0v) is 14.1. The van der Waals surface area contributed by atoms with Gasteiger partial charge in [-0.15, -0.1) is 0 Å². The van der Waals surface area contributed by atoms with Gasteiger partial charge in [0.25, 0.3) is 0 Å². The van der Waals surface area contributed by atoms with Crippen molar-refractivity contribution in [3.8, 4) is 0 Å². The van der Waals surface area contributed by atoms with Gasteiger partial charge in [-0.25, -0.2) is 0 Å². The van der Waals surface area contributed by atoms with Crippen molar-refractivity contribution in [3.63, 3.8) is 0 Å². The second kappa shape index (κ2) is 8.83. The van der Waals surface area contributed by atoms with Gasteiger partial charge in [-0.1, -0.05) is 58.5 Å². The van der Waals surface area contributed by atoms with E-state index in [1.807, 2.05) is 11.0 Å². The van der Waals surface area contributed by atoms with Crippen molar-refractivity contribution in [1.29, 1.82) is 0 Å². The van der Waals surface area contributed by atoms with Crippen LogP contribution >= 0.6 is 39.1 Å². The monoisotopic (exact) mass is 365 g/mol. The number of nitrogens with zero attached hydrogens (tertiary/aromatic N) is 1. The summed E-state index contributed by atoms with van der Waals surface area (Å²) in [7, 11) is 0. The van der Waals surface area contributed by atoms with Crippen LogP contribution in [0.2, 0.25) is 10.0 Å². The molecule has 0 aromatic heterocycles. The molecule has 1 amide bonds. The Kier molecular flexibility index (Phi) is 7.81. The summed E-state index contributed by atoms with van der Waals surface area (Å²) in [4.78, 5) is 14.1. The molecule has 0 bridgehead atoms. The molecule has 19 heavy (non-hydrogen) atoms. The van der Waals surface area contributed by atoms with E-state index in [0.29, 0.717) is 16.5 Å². The van der Waals surface area contributed by atoms with Crippen molar-refractivity contribution in [2.45, 2.75) is 26.2 Å². The summed E-state index contributed by atoms with van der Waals surface area (Å²) in [5, 5.41) is 1.80. The van der Waals surface area contributed by atoms with Crippen LogP contribution in [0.15, 0.2) is 18.2 Å². The molecule has 0 heterocycles. The van der Waals surface area contributed by atoms with Crippen molar-refractivity contribution < 1.29 is 4.79 Å². The minimum absolute atomic E-state index is 0.131. The van der Waals surface area contributed by atoms with E-state index in [2.05, 4.69) is 22.9 Å². The highest BCUT2D eigenvalue weighted by Gasteiger charge is 2.13. The molecule has 0 aliphatic heterocycles. The summed E-state index contributed by atoms with van der Waals surface area (Å²) < 4.78 is 0. The Labute approximate surface area is 133 Å². The number of unbranched alkanes of at least 4 members (excludes halogenated alkanes) is 1. The fourth-order valence-corrected chi connectivity index (χ4v) is 2.50. The van der Waals surface area contributed by atoms with Crippen LogP contribution in [0.25, 0.3) is 0 Å². The average molecular weight is 367 g/mol. The maximum Gasteiger partial charge on any atom is 0.227 e. The molecule has 0 atom stereocenters. The summed E-state index contributed by atoms with van der Waals surface area (Å²) in [5.41, 5.74) is 0.899. The lowest BCUT2D eigenvalue weighted by atomic mass is 10.1. The Morgan fingerprint density at radius 1 is 1.26 bits per heavy atom. The molecule has 1 aromatic carbocycles. The van der Waals surface area contributed by atoms with Crippen LogP contribution in [-0.4, -0.2) is 29.2 Å². The first-order chi connectivity index (χ1) is 9.08. The second-order valence-electron chi connectivity index (χ2n) is 4.35. The van der Waals surface area contributed by atoms with Crippen molar-refractivity contribution in [2.75, 3.05) is 18.4 Å². The third-order valence-corrected chi connectivity index (χ3v) is 3.92. The molecule has 0 fully saturated rings. The largest absolute Gasteiger partial charge is 0.342 e. The highest BCUT2D eigenvalue weighted by Crippen LogP contribution is 2.23. The van der Waals surface area contributed by atoms with E-state index in [4.69, 9.17) is 23.2 Å². The van der Waals surface area contributed by atoms with E-state index in [9.17, 15) is 4.79 Å². The van der Waals surface area contributed by atoms with Crippen LogP contribution in [0, 0.1) is 0 Å². The van der Waals surface area contributed by atoms with Crippen LogP contribution in [0.5, 0.6) is 0 Å². The highest BCUT2D eigenvalue weighted by molar-refractivity contribution is 9.09. The van der Waals surface area contributed by atoms with Gasteiger partial charge in [-0.3, -0.25) is 4.79 Å². The van der Waals surface area contributed by atoms with Gasteiger partial charge >= 0.3 is 0 Å². The first-order valence-corrected chi connectivity index (χ1v) is 8.24. The fraction of sp³-hybridized carbons (Fsp3) is 0.500. The summed E-state index contributed by atoms with van der Waals surface area (Å²) >= 11 is 15.2. The molecule has 106 valence electrons. The molecule has 1 rings (SSSR count). The van der Waals surface area contributed by atoms with E-state index in [1.54, 1.807) is 12.1 Å². The number of alkyl halides is 1. The SMILES string of the molecule is CCCCN(CCBr)C(=O)Cc1ccc(Cl)c(Cl)c1. The van der Waals surface area contributed by atoms with Gasteiger partial charge in [0.15, 0.2) is 0 Å². The number of rotatable bonds is 7. The zero-order chi connectivity index (χ0) is 14.3. The molecule has 5 heteroatoms. The van der Waals surface area contributed by atoms with Crippen LogP contribution in [0.1, 0.15) is 25.3 Å². The number of hydrogen-bond acceptors (Lipinski definition) is 1. The van der Waals surface area contributed by atoms with Gasteiger partial charge in [0, 0.05) is 18.4 Å². The summed E-state index contributed by atoms with van der Waals surface area (Å²) in [6, 6.07) is 5.33. The predicted molar refractivity (Wildman–Crippen MR) is 85.4 cm³/mol. The predicted octanol–water partition coefficient (Wildman–Crippen LogP) is 4.56. The van der Waals surface area contributed by atoms with Gasteiger partial charge in [0.2, 0.25) is 5.91 Å². The quantitative estimate of drug-likeness (QED) is 0.647. The number of carbonyl (C=O) groups excluding carboxylic acids is 1. The molecule has 0 spiro atoms. The smallest absolute Gasteiger partial charge is 0.227 e. The number of benzene rings is 1. The summed E-state index contributed by atoms with van der Waals surface area (Å²) in [6.45, 7) is 3.66. The number of carbonyl (C=O) groups is 1. The van der Waals surface area contributed by atoms with Crippen LogP contribution in [0.4, 0.5) is 0 Å². The fourth-order valence-electron chi connectivity index (χ4n) is 1.75. The molecule has 0 saturated carbocycles. The number of amides is 1. The maximum absolute atomic E-state index is 12.2. The average Bonchev–Trinajstić information content (AvgIpc) is 2.38. The normalized spacial score (nSPS) is 10.5. The molecular formula is C14H18BrCl2NO. The summed E-state index contributed by atoms with van der Waals surface area (Å²) in [6.07, 6.45) is 2.48. The van der Waals surface area contributed by atoms with Crippen LogP contribution < -0.4 is 0 Å². The molecule has 0 aliphatic rings. The molecule has 0 radical (unpaired) electrons. The Hall–Kier alpha value is -0.250. The first kappa shape index (κ1) is 16.8. The highest BCUT2D eigenvalue weighted by atomic mass is 79.9. The van der Waals surface area contributed by atoms with Crippen molar-refractivity contribution in [3.05, 3.63) is 33.8 Å². The van der Waals surface area contributed by atoms with Gasteiger partial charge in [-0.2, -0.15) is 0 Å². The Bertz CT molecular complexity index is 426. The van der Waals surface area contributed by atoms with E-state index in [1.165, 1.54) is 0 Å². The molecule has 1 aromatic rings. The third-order valence-electron chi connectivity index (χ3n) is 2.83. The Morgan fingerprint density at radius 3 is 2.58 bits per heavy atom. The van der Waals surface area contributed by atoms with Crippen molar-refractivity contribution >= 4 is 45.0 Å². The standard InChI is InChI=1S/C14H18BrCl2NO/c1-2-3-7-18(8-6-15)14(19)10-11-4-5-12(16)13(17)9-11/h4-5,9H,2-3,6-8,10H2,1H3. The lowest BCUT2D eigenvalue weighted by Crippen LogP contribution is -2.34. The van der Waals surface area contributed by atoms with E-state index in [-0.39, 0.29) is 5.91 Å². The molecule has 0 saturated heterocycles. The number of halogens is 3. The first-order valence-electron chi connectivity index (χ1n) is 6.36. The van der Waals surface area contributed by atoms with E-state index < -0.39 is 0 Å². The summed E-state index contributed by atoms with van der Waals surface area (Å²) in [5.74, 6) is 0.131. The Morgan fingerprint density at radius 2 is 2.00 bits per heavy atom. The van der Waals surface area contributed by atoms with Crippen molar-refractivity contribution in [2.24, 2.45) is 0 Å². The van der Waals surface area contributed by atoms with Crippen molar-refractivity contribution in [1.82, 2.24) is 4.90 Å². The molecule has 2 nitrogen and oxygen atoms in total. The van der Waals surface area contributed by atoms with Gasteiger partial charge in [0.1, 0.15) is 0 Å².